The van der Waals surface area contributed by atoms with E-state index in [9.17, 15) is 0 Å². The molecule has 3 aliphatic carbocycles. The van der Waals surface area contributed by atoms with Crippen molar-refractivity contribution < 1.29 is 0 Å². The Morgan fingerprint density at radius 3 is 1.37 bits per heavy atom. The Hall–Kier alpha value is -8.98. The van der Waals surface area contributed by atoms with Crippen LogP contribution in [0.25, 0.3) is 72.0 Å². The lowest BCUT2D eigenvalue weighted by Gasteiger charge is -2.34. The molecule has 1 heterocycles. The predicted octanol–water partition coefficient (Wildman–Crippen LogP) is 18.9. The molecule has 1 aromatic heterocycles. The topological polar surface area (TPSA) is 8.17 Å². The Bertz CT molecular complexity index is 4140. The van der Waals surface area contributed by atoms with Gasteiger partial charge in [-0.15, -0.1) is 0 Å². The van der Waals surface area contributed by atoms with E-state index in [1.165, 1.54) is 111 Å². The van der Waals surface area contributed by atoms with Gasteiger partial charge < -0.3 is 9.47 Å². The van der Waals surface area contributed by atoms with Crippen LogP contribution in [0.2, 0.25) is 0 Å². The third-order valence-corrected chi connectivity index (χ3v) is 17.5. The van der Waals surface area contributed by atoms with Crippen molar-refractivity contribution >= 4 is 38.9 Å². The highest BCUT2D eigenvalue weighted by atomic mass is 15.1. The van der Waals surface area contributed by atoms with E-state index in [2.05, 4.69) is 292 Å². The van der Waals surface area contributed by atoms with E-state index in [-0.39, 0.29) is 10.8 Å². The molecule has 0 saturated heterocycles. The van der Waals surface area contributed by atoms with Gasteiger partial charge in [0.15, 0.2) is 0 Å². The monoisotopic (exact) mass is 958 g/mol. The van der Waals surface area contributed by atoms with E-state index >= 15 is 0 Å². The van der Waals surface area contributed by atoms with E-state index in [0.29, 0.717) is 0 Å². The minimum absolute atomic E-state index is 0.137. The van der Waals surface area contributed by atoms with Gasteiger partial charge in [0, 0.05) is 44.4 Å². The molecule has 0 N–H and O–H groups in total. The lowest BCUT2D eigenvalue weighted by Crippen LogP contribution is -2.28. The van der Waals surface area contributed by atoms with Crippen molar-refractivity contribution in [2.75, 3.05) is 4.90 Å². The predicted molar refractivity (Wildman–Crippen MR) is 313 cm³/mol. The number of rotatable bonds is 7. The van der Waals surface area contributed by atoms with Crippen molar-refractivity contribution in [2.45, 2.75) is 43.9 Å². The smallest absolute Gasteiger partial charge is 0.0713 e. The first-order valence-electron chi connectivity index (χ1n) is 26.5. The first-order valence-corrected chi connectivity index (χ1v) is 26.5. The summed E-state index contributed by atoms with van der Waals surface area (Å²) >= 11 is 0. The maximum absolute atomic E-state index is 2.50. The van der Waals surface area contributed by atoms with Crippen molar-refractivity contribution in [2.24, 2.45) is 0 Å². The molecule has 0 fully saturated rings. The molecule has 0 amide bonds. The number of aromatic nitrogens is 1. The van der Waals surface area contributed by atoms with Crippen LogP contribution in [-0.4, -0.2) is 4.57 Å². The van der Waals surface area contributed by atoms with Crippen LogP contribution in [0.1, 0.15) is 72.2 Å². The van der Waals surface area contributed by atoms with Gasteiger partial charge in [0.25, 0.3) is 0 Å². The van der Waals surface area contributed by atoms with Gasteiger partial charge in [-0.25, -0.2) is 0 Å². The van der Waals surface area contributed by atoms with E-state index in [1.54, 1.807) is 0 Å². The summed E-state index contributed by atoms with van der Waals surface area (Å²) in [6.45, 7) is 9.51. The van der Waals surface area contributed by atoms with Crippen molar-refractivity contribution in [1.29, 1.82) is 0 Å². The maximum Gasteiger partial charge on any atom is 0.0713 e. The largest absolute Gasteiger partial charge is 0.310 e. The van der Waals surface area contributed by atoms with Crippen molar-refractivity contribution in [3.8, 4) is 50.2 Å². The van der Waals surface area contributed by atoms with Crippen LogP contribution in [0.5, 0.6) is 0 Å². The van der Waals surface area contributed by atoms with Gasteiger partial charge in [-0.2, -0.15) is 0 Å². The second-order valence-electron chi connectivity index (χ2n) is 22.0. The Morgan fingerprint density at radius 2 is 0.760 bits per heavy atom. The quantitative estimate of drug-likeness (QED) is 0.155. The Labute approximate surface area is 439 Å². The minimum atomic E-state index is -0.451. The lowest BCUT2D eigenvalue weighted by molar-refractivity contribution is 0.660. The van der Waals surface area contributed by atoms with Crippen molar-refractivity contribution in [3.05, 3.63) is 299 Å². The third-order valence-electron chi connectivity index (χ3n) is 17.5. The summed E-state index contributed by atoms with van der Waals surface area (Å²) in [5.74, 6) is 0. The number of benzene rings is 11. The van der Waals surface area contributed by atoms with Gasteiger partial charge in [0.1, 0.15) is 0 Å². The fourth-order valence-electron chi connectivity index (χ4n) is 14.0. The molecule has 0 radical (unpaired) electrons. The Balaban J connectivity index is 0.874. The molecule has 3 aliphatic rings. The summed E-state index contributed by atoms with van der Waals surface area (Å²) in [6.07, 6.45) is 0. The molecule has 2 nitrogen and oxygen atoms in total. The highest BCUT2D eigenvalue weighted by molar-refractivity contribution is 6.11. The van der Waals surface area contributed by atoms with Crippen LogP contribution in [0, 0.1) is 0 Å². The van der Waals surface area contributed by atoms with E-state index in [0.717, 1.165) is 22.7 Å². The zero-order valence-electron chi connectivity index (χ0n) is 42.6. The van der Waals surface area contributed by atoms with Crippen LogP contribution in [0.3, 0.4) is 0 Å². The van der Waals surface area contributed by atoms with Crippen LogP contribution in [0.15, 0.2) is 255 Å². The standard InChI is InChI=1S/C73H54N2/c1-71(2)62-29-15-11-24-55(62)57-41-38-52(45-66(57)71)74(53-39-42-58-56-25-12-16-30-63(56)72(3,4)67(58)46-53)51-40-43-69-61(44-51)59-26-14-18-33-68(59)75(69)50-36-34-47(35-37-50)54-28-19-32-65-70(54)60-27-13-17-31-64(60)73(65,48-20-7-5-8-21-48)49-22-9-6-10-23-49/h5-46H,1-4H3. The van der Waals surface area contributed by atoms with Gasteiger partial charge in [0.2, 0.25) is 0 Å². The molecule has 0 unspecified atom stereocenters. The zero-order chi connectivity index (χ0) is 50.2. The highest BCUT2D eigenvalue weighted by Crippen LogP contribution is 2.59. The number of anilines is 3. The zero-order valence-corrected chi connectivity index (χ0v) is 42.6. The average Bonchev–Trinajstić information content (AvgIpc) is 4.17. The SMILES string of the molecule is CC1(C)c2ccccc2-c2ccc(N(c3ccc4c(c3)C(C)(C)c3ccccc3-4)c3ccc4c(c3)c3ccccc3n4-c3ccc(-c4cccc5c4-c4ccccc4C5(c4ccccc4)c4ccccc4)cc3)cc21. The summed E-state index contributed by atoms with van der Waals surface area (Å²) in [5, 5.41) is 2.45. The summed E-state index contributed by atoms with van der Waals surface area (Å²) in [5.41, 5.74) is 27.2. The van der Waals surface area contributed by atoms with Crippen LogP contribution < -0.4 is 4.90 Å². The molecular formula is C73H54N2. The number of hydrogen-bond acceptors (Lipinski definition) is 1. The van der Waals surface area contributed by atoms with Gasteiger partial charge >= 0.3 is 0 Å². The van der Waals surface area contributed by atoms with Crippen molar-refractivity contribution in [1.82, 2.24) is 4.57 Å². The number of para-hydroxylation sites is 1. The first-order chi connectivity index (χ1) is 36.7. The molecule has 15 rings (SSSR count). The Kier molecular flexibility index (Phi) is 9.30. The van der Waals surface area contributed by atoms with Gasteiger partial charge in [-0.3, -0.25) is 0 Å². The summed E-state index contributed by atoms with van der Waals surface area (Å²) < 4.78 is 2.45. The first kappa shape index (κ1) is 43.6. The Morgan fingerprint density at radius 1 is 0.307 bits per heavy atom. The normalized spacial score (nSPS) is 14.7. The second-order valence-corrected chi connectivity index (χ2v) is 22.0. The molecule has 0 aliphatic heterocycles. The van der Waals surface area contributed by atoms with Gasteiger partial charge in [-0.05, 0) is 150 Å². The van der Waals surface area contributed by atoms with Gasteiger partial charge in [-0.1, -0.05) is 222 Å². The van der Waals surface area contributed by atoms with Crippen LogP contribution >= 0.6 is 0 Å². The fourth-order valence-corrected chi connectivity index (χ4v) is 14.0. The minimum Gasteiger partial charge on any atom is -0.310 e. The lowest BCUT2D eigenvalue weighted by atomic mass is 9.67. The third kappa shape index (κ3) is 6.08. The molecule has 0 spiro atoms. The number of hydrogen-bond donors (Lipinski definition) is 0. The molecule has 0 saturated carbocycles. The molecular weight excluding hydrogens is 905 g/mol. The highest BCUT2D eigenvalue weighted by Gasteiger charge is 2.47. The van der Waals surface area contributed by atoms with Crippen LogP contribution in [0.4, 0.5) is 17.1 Å². The summed E-state index contributed by atoms with van der Waals surface area (Å²) in [6, 6.07) is 95.6. The van der Waals surface area contributed by atoms with E-state index < -0.39 is 5.41 Å². The van der Waals surface area contributed by atoms with Gasteiger partial charge in [0.05, 0.1) is 16.4 Å². The van der Waals surface area contributed by atoms with E-state index in [1.807, 2.05) is 0 Å². The van der Waals surface area contributed by atoms with E-state index in [4.69, 9.17) is 0 Å². The molecule has 75 heavy (non-hydrogen) atoms. The molecule has 0 atom stereocenters. The van der Waals surface area contributed by atoms with Crippen molar-refractivity contribution in [3.63, 3.8) is 0 Å². The number of fused-ring (bicyclic) bond motifs is 12. The summed E-state index contributed by atoms with van der Waals surface area (Å²) in [4.78, 5) is 2.50. The second kappa shape index (κ2) is 16.0. The average molecular weight is 959 g/mol. The molecule has 11 aromatic carbocycles. The summed E-state index contributed by atoms with van der Waals surface area (Å²) in [7, 11) is 0. The number of nitrogens with zero attached hydrogens (tertiary/aromatic N) is 2. The fraction of sp³-hybridized carbons (Fsp3) is 0.0959. The molecule has 12 aromatic rings. The molecule has 2 heteroatoms. The molecule has 0 bridgehead atoms. The van der Waals surface area contributed by atoms with Crippen LogP contribution in [-0.2, 0) is 16.2 Å². The molecule has 356 valence electrons. The maximum atomic E-state index is 2.50.